The van der Waals surface area contributed by atoms with E-state index in [1.807, 2.05) is 6.07 Å². The Balaban J connectivity index is 2.82. The molecule has 0 spiro atoms. The van der Waals surface area contributed by atoms with E-state index in [1.54, 1.807) is 25.6 Å². The molecule has 0 aliphatic heterocycles. The number of nitrogens with one attached hydrogen (secondary N) is 1. The number of anilines is 1. The third-order valence-electron chi connectivity index (χ3n) is 2.33. The van der Waals surface area contributed by atoms with E-state index in [0.29, 0.717) is 17.1 Å². The molecule has 0 bridgehead atoms. The monoisotopic (exact) mass is 222 g/mol. The van der Waals surface area contributed by atoms with Crippen molar-refractivity contribution in [3.8, 4) is 6.07 Å². The lowest BCUT2D eigenvalue weighted by molar-refractivity contribution is -0.140. The van der Waals surface area contributed by atoms with Gasteiger partial charge in [0.25, 0.3) is 0 Å². The van der Waals surface area contributed by atoms with E-state index >= 15 is 0 Å². The zero-order valence-electron chi connectivity index (χ0n) is 9.48. The number of hydrogen-bond acceptors (Lipinski definition) is 4. The van der Waals surface area contributed by atoms with Crippen molar-refractivity contribution in [2.24, 2.45) is 13.0 Å². The molecule has 0 saturated carbocycles. The maximum absolute atomic E-state index is 10.6. The highest BCUT2D eigenvalue weighted by atomic mass is 16.4. The number of carboxylic acid groups (broad SMARTS) is 1. The largest absolute Gasteiger partial charge is 0.481 e. The average Bonchev–Trinajstić information content (AvgIpc) is 2.48. The van der Waals surface area contributed by atoms with Crippen LogP contribution >= 0.6 is 0 Å². The molecule has 0 aliphatic carbocycles. The van der Waals surface area contributed by atoms with Crippen molar-refractivity contribution in [3.05, 3.63) is 11.3 Å². The second-order valence-electron chi connectivity index (χ2n) is 3.66. The number of aliphatic carboxylic acids is 1. The van der Waals surface area contributed by atoms with Crippen LogP contribution in [0, 0.1) is 24.2 Å². The highest BCUT2D eigenvalue weighted by Gasteiger charge is 2.15. The first-order valence-corrected chi connectivity index (χ1v) is 4.87. The van der Waals surface area contributed by atoms with Gasteiger partial charge in [-0.05, 0) is 6.92 Å². The molecule has 1 atom stereocenters. The molecule has 0 fully saturated rings. The lowest BCUT2D eigenvalue weighted by Gasteiger charge is -2.09. The smallest absolute Gasteiger partial charge is 0.308 e. The van der Waals surface area contributed by atoms with E-state index in [2.05, 4.69) is 10.4 Å². The zero-order valence-corrected chi connectivity index (χ0v) is 9.48. The first-order chi connectivity index (χ1) is 7.47. The van der Waals surface area contributed by atoms with Crippen LogP contribution in [-0.2, 0) is 11.8 Å². The molecular weight excluding hydrogens is 208 g/mol. The van der Waals surface area contributed by atoms with Gasteiger partial charge >= 0.3 is 5.97 Å². The van der Waals surface area contributed by atoms with Crippen LogP contribution in [0.15, 0.2) is 0 Å². The summed E-state index contributed by atoms with van der Waals surface area (Å²) in [6.07, 6.45) is 0. The fourth-order valence-corrected chi connectivity index (χ4v) is 1.33. The maximum Gasteiger partial charge on any atom is 0.308 e. The second kappa shape index (κ2) is 4.66. The summed E-state index contributed by atoms with van der Waals surface area (Å²) in [7, 11) is 1.71. The lowest BCUT2D eigenvalue weighted by Crippen LogP contribution is -2.21. The van der Waals surface area contributed by atoms with Gasteiger partial charge in [0.2, 0.25) is 0 Å². The molecule has 1 aromatic rings. The fourth-order valence-electron chi connectivity index (χ4n) is 1.33. The molecule has 6 nitrogen and oxygen atoms in total. The van der Waals surface area contributed by atoms with Gasteiger partial charge in [0.1, 0.15) is 17.5 Å². The number of aromatic nitrogens is 2. The Hall–Kier alpha value is -2.03. The SMILES string of the molecule is Cc1nn(C)c(NCC(C)C(=O)O)c1C#N. The minimum Gasteiger partial charge on any atom is -0.481 e. The van der Waals surface area contributed by atoms with Gasteiger partial charge in [0.15, 0.2) is 0 Å². The van der Waals surface area contributed by atoms with Crippen LogP contribution in [0.2, 0.25) is 0 Å². The molecule has 86 valence electrons. The Morgan fingerprint density at radius 2 is 2.38 bits per heavy atom. The summed E-state index contributed by atoms with van der Waals surface area (Å²) in [4.78, 5) is 10.6. The summed E-state index contributed by atoms with van der Waals surface area (Å²) in [6.45, 7) is 3.61. The standard InChI is InChI=1S/C10H14N4O2/c1-6(10(15)16)5-12-9-8(4-11)7(2)13-14(9)3/h6,12H,5H2,1-3H3,(H,15,16). The maximum atomic E-state index is 10.6. The number of carbonyl (C=O) groups is 1. The van der Waals surface area contributed by atoms with Crippen LogP contribution in [0.4, 0.5) is 5.82 Å². The summed E-state index contributed by atoms with van der Waals surface area (Å²) in [5.74, 6) is -0.820. The van der Waals surface area contributed by atoms with Crippen molar-refractivity contribution in [3.63, 3.8) is 0 Å². The average molecular weight is 222 g/mol. The van der Waals surface area contributed by atoms with Gasteiger partial charge in [-0.25, -0.2) is 0 Å². The van der Waals surface area contributed by atoms with Gasteiger partial charge in [0.05, 0.1) is 11.6 Å². The first kappa shape index (κ1) is 12.0. The summed E-state index contributed by atoms with van der Waals surface area (Å²) in [6, 6.07) is 2.04. The van der Waals surface area contributed by atoms with Crippen LogP contribution in [0.1, 0.15) is 18.2 Å². The van der Waals surface area contributed by atoms with Gasteiger partial charge in [-0.15, -0.1) is 0 Å². The predicted molar refractivity (Wildman–Crippen MR) is 57.9 cm³/mol. The molecule has 0 saturated heterocycles. The zero-order chi connectivity index (χ0) is 12.3. The fraction of sp³-hybridized carbons (Fsp3) is 0.500. The van der Waals surface area contributed by atoms with Gasteiger partial charge in [-0.3, -0.25) is 9.48 Å². The van der Waals surface area contributed by atoms with E-state index in [9.17, 15) is 4.79 Å². The van der Waals surface area contributed by atoms with Gasteiger partial charge < -0.3 is 10.4 Å². The number of rotatable bonds is 4. The summed E-state index contributed by atoms with van der Waals surface area (Å²) < 4.78 is 1.54. The van der Waals surface area contributed by atoms with Crippen LogP contribution in [0.5, 0.6) is 0 Å². The highest BCUT2D eigenvalue weighted by molar-refractivity contribution is 5.70. The number of aryl methyl sites for hydroxylation is 2. The quantitative estimate of drug-likeness (QED) is 0.783. The van der Waals surface area contributed by atoms with E-state index in [1.165, 1.54) is 0 Å². The molecule has 1 aromatic heterocycles. The van der Waals surface area contributed by atoms with Gasteiger partial charge in [-0.1, -0.05) is 6.92 Å². The molecule has 0 amide bonds. The molecule has 0 aromatic carbocycles. The summed E-state index contributed by atoms with van der Waals surface area (Å²) in [5.41, 5.74) is 1.09. The number of hydrogen-bond donors (Lipinski definition) is 2. The number of carboxylic acids is 1. The van der Waals surface area contributed by atoms with Crippen LogP contribution in [0.25, 0.3) is 0 Å². The van der Waals surface area contributed by atoms with Crippen molar-refractivity contribution in [2.45, 2.75) is 13.8 Å². The Labute approximate surface area is 93.5 Å². The molecular formula is C10H14N4O2. The Kier molecular flexibility index (Phi) is 3.51. The third-order valence-corrected chi connectivity index (χ3v) is 2.33. The van der Waals surface area contributed by atoms with Crippen molar-refractivity contribution in [1.29, 1.82) is 5.26 Å². The predicted octanol–water partition coefficient (Wildman–Crippen LogP) is 0.733. The minimum absolute atomic E-state index is 0.267. The van der Waals surface area contributed by atoms with Gasteiger partial charge in [0, 0.05) is 13.6 Å². The Morgan fingerprint density at radius 3 is 2.88 bits per heavy atom. The molecule has 16 heavy (non-hydrogen) atoms. The first-order valence-electron chi connectivity index (χ1n) is 4.87. The third kappa shape index (κ3) is 2.31. The molecule has 2 N–H and O–H groups in total. The van der Waals surface area contributed by atoms with E-state index in [4.69, 9.17) is 10.4 Å². The van der Waals surface area contributed by atoms with Crippen molar-refractivity contribution >= 4 is 11.8 Å². The van der Waals surface area contributed by atoms with Gasteiger partial charge in [-0.2, -0.15) is 10.4 Å². The van der Waals surface area contributed by atoms with Crippen LogP contribution in [0.3, 0.4) is 0 Å². The lowest BCUT2D eigenvalue weighted by atomic mass is 10.2. The summed E-state index contributed by atoms with van der Waals surface area (Å²) in [5, 5.41) is 24.7. The normalized spacial score (nSPS) is 11.9. The Morgan fingerprint density at radius 1 is 1.75 bits per heavy atom. The molecule has 1 rings (SSSR count). The van der Waals surface area contributed by atoms with E-state index < -0.39 is 11.9 Å². The van der Waals surface area contributed by atoms with E-state index in [-0.39, 0.29) is 6.54 Å². The van der Waals surface area contributed by atoms with Crippen molar-refractivity contribution in [2.75, 3.05) is 11.9 Å². The minimum atomic E-state index is -0.870. The van der Waals surface area contributed by atoms with Crippen molar-refractivity contribution in [1.82, 2.24) is 9.78 Å². The highest BCUT2D eigenvalue weighted by Crippen LogP contribution is 2.17. The number of nitriles is 1. The molecule has 1 unspecified atom stereocenters. The van der Waals surface area contributed by atoms with Crippen molar-refractivity contribution < 1.29 is 9.90 Å². The van der Waals surface area contributed by atoms with Crippen LogP contribution in [-0.4, -0.2) is 27.4 Å². The number of nitrogens with zero attached hydrogens (tertiary/aromatic N) is 3. The topological polar surface area (TPSA) is 90.9 Å². The molecule has 6 heteroatoms. The van der Waals surface area contributed by atoms with E-state index in [0.717, 1.165) is 0 Å². The molecule has 0 radical (unpaired) electrons. The molecule has 0 aliphatic rings. The Bertz CT molecular complexity index is 444. The second-order valence-corrected chi connectivity index (χ2v) is 3.66. The van der Waals surface area contributed by atoms with Crippen LogP contribution < -0.4 is 5.32 Å². The summed E-state index contributed by atoms with van der Waals surface area (Å²) >= 11 is 0. The molecule has 1 heterocycles.